The van der Waals surface area contributed by atoms with Crippen molar-refractivity contribution >= 4 is 27.4 Å². The zero-order chi connectivity index (χ0) is 21.4. The Morgan fingerprint density at radius 1 is 1.13 bits per heavy atom. The summed E-state index contributed by atoms with van der Waals surface area (Å²) < 4.78 is 11.5. The number of aryl methyl sites for hydroxylation is 2. The third-order valence-corrected chi connectivity index (χ3v) is 7.23. The van der Waals surface area contributed by atoms with Gasteiger partial charge in [-0.2, -0.15) is 0 Å². The van der Waals surface area contributed by atoms with Crippen molar-refractivity contribution in [2.24, 2.45) is 0 Å². The minimum Gasteiger partial charge on any atom is -0.508 e. The Kier molecular flexibility index (Phi) is 5.79. The molecule has 0 saturated carbocycles. The van der Waals surface area contributed by atoms with E-state index in [0.717, 1.165) is 66.8 Å². The molecule has 1 unspecified atom stereocenters. The first-order chi connectivity index (χ1) is 15.1. The fourth-order valence-electron chi connectivity index (χ4n) is 4.30. The molecule has 0 spiro atoms. The van der Waals surface area contributed by atoms with Crippen LogP contribution in [0.5, 0.6) is 5.75 Å². The number of aromatic nitrogens is 2. The van der Waals surface area contributed by atoms with Gasteiger partial charge in [-0.05, 0) is 37.1 Å². The number of benzene rings is 1. The number of ether oxygens (including phenoxy) is 2. The molecule has 0 radical (unpaired) electrons. The van der Waals surface area contributed by atoms with Gasteiger partial charge in [-0.25, -0.2) is 9.97 Å². The summed E-state index contributed by atoms with van der Waals surface area (Å²) in [6.07, 6.45) is -0.103. The standard InChI is InChI=1S/C23H28N4O3S/c1-15-16(2)31-23-21(15)22(24-20(25-23)14-26-6-9-29-10-7-26)27-8-11-30-19(13-27)17-4-3-5-18(28)12-17/h3-5,12,19,28H,6-11,13-14H2,1-2H3. The van der Waals surface area contributed by atoms with E-state index in [-0.39, 0.29) is 11.9 Å². The van der Waals surface area contributed by atoms with Crippen LogP contribution in [0, 0.1) is 13.8 Å². The Bertz CT molecular complexity index is 1080. The molecule has 31 heavy (non-hydrogen) atoms. The molecule has 2 saturated heterocycles. The van der Waals surface area contributed by atoms with Crippen LogP contribution in [0.2, 0.25) is 0 Å². The van der Waals surface area contributed by atoms with Crippen molar-refractivity contribution in [1.29, 1.82) is 0 Å². The molecule has 1 atom stereocenters. The van der Waals surface area contributed by atoms with Crippen molar-refractivity contribution in [2.75, 3.05) is 50.9 Å². The summed E-state index contributed by atoms with van der Waals surface area (Å²) in [5.41, 5.74) is 2.25. The van der Waals surface area contributed by atoms with Crippen LogP contribution in [-0.2, 0) is 16.0 Å². The Balaban J connectivity index is 1.49. The fourth-order valence-corrected chi connectivity index (χ4v) is 5.34. The first-order valence-corrected chi connectivity index (χ1v) is 11.6. The zero-order valence-electron chi connectivity index (χ0n) is 18.0. The van der Waals surface area contributed by atoms with Crippen LogP contribution in [0.25, 0.3) is 10.2 Å². The molecule has 5 rings (SSSR count). The lowest BCUT2D eigenvalue weighted by molar-refractivity contribution is 0.0329. The number of aromatic hydroxyl groups is 1. The molecule has 0 aliphatic carbocycles. The molecule has 2 fully saturated rings. The zero-order valence-corrected chi connectivity index (χ0v) is 18.8. The monoisotopic (exact) mass is 440 g/mol. The number of thiophene rings is 1. The molecule has 3 aromatic rings. The number of phenolic OH excluding ortho intramolecular Hbond substituents is 1. The highest BCUT2D eigenvalue weighted by Crippen LogP contribution is 2.37. The predicted molar refractivity (Wildman–Crippen MR) is 122 cm³/mol. The maximum Gasteiger partial charge on any atom is 0.146 e. The molecule has 1 aromatic carbocycles. The molecule has 4 heterocycles. The number of anilines is 1. The van der Waals surface area contributed by atoms with Crippen molar-refractivity contribution in [3.8, 4) is 5.75 Å². The van der Waals surface area contributed by atoms with Gasteiger partial charge in [-0.15, -0.1) is 11.3 Å². The van der Waals surface area contributed by atoms with Gasteiger partial charge < -0.3 is 19.5 Å². The number of morpholine rings is 2. The van der Waals surface area contributed by atoms with Crippen molar-refractivity contribution in [3.63, 3.8) is 0 Å². The summed E-state index contributed by atoms with van der Waals surface area (Å²) in [7, 11) is 0. The number of nitrogens with zero attached hydrogens (tertiary/aromatic N) is 4. The van der Waals surface area contributed by atoms with Gasteiger partial charge in [0.15, 0.2) is 0 Å². The Morgan fingerprint density at radius 3 is 2.77 bits per heavy atom. The summed E-state index contributed by atoms with van der Waals surface area (Å²) in [6, 6.07) is 7.34. The van der Waals surface area contributed by atoms with Crippen LogP contribution < -0.4 is 4.90 Å². The van der Waals surface area contributed by atoms with Crippen LogP contribution in [-0.4, -0.2) is 66.0 Å². The average molecular weight is 441 g/mol. The van der Waals surface area contributed by atoms with E-state index in [9.17, 15) is 5.11 Å². The van der Waals surface area contributed by atoms with Crippen LogP contribution >= 0.6 is 11.3 Å². The molecule has 0 amide bonds. The van der Waals surface area contributed by atoms with Crippen LogP contribution in [0.3, 0.4) is 0 Å². The highest BCUT2D eigenvalue weighted by molar-refractivity contribution is 7.18. The SMILES string of the molecule is Cc1sc2nc(CN3CCOCC3)nc(N3CCOC(c4cccc(O)c4)C3)c2c1C. The molecule has 8 heteroatoms. The highest BCUT2D eigenvalue weighted by Gasteiger charge is 2.27. The molecule has 7 nitrogen and oxygen atoms in total. The number of hydrogen-bond acceptors (Lipinski definition) is 8. The summed E-state index contributed by atoms with van der Waals surface area (Å²) >= 11 is 1.75. The van der Waals surface area contributed by atoms with Gasteiger partial charge in [-0.3, -0.25) is 4.90 Å². The van der Waals surface area contributed by atoms with Crippen molar-refractivity contribution in [1.82, 2.24) is 14.9 Å². The maximum absolute atomic E-state index is 9.90. The number of fused-ring (bicyclic) bond motifs is 1. The first kappa shape index (κ1) is 20.6. The van der Waals surface area contributed by atoms with E-state index in [4.69, 9.17) is 19.4 Å². The second-order valence-electron chi connectivity index (χ2n) is 8.22. The van der Waals surface area contributed by atoms with Gasteiger partial charge in [0.2, 0.25) is 0 Å². The Morgan fingerprint density at radius 2 is 1.97 bits per heavy atom. The molecular formula is C23H28N4O3S. The van der Waals surface area contributed by atoms with Crippen molar-refractivity contribution in [2.45, 2.75) is 26.5 Å². The van der Waals surface area contributed by atoms with E-state index in [1.54, 1.807) is 23.5 Å². The lowest BCUT2D eigenvalue weighted by atomic mass is 10.1. The highest BCUT2D eigenvalue weighted by atomic mass is 32.1. The minimum absolute atomic E-state index is 0.103. The van der Waals surface area contributed by atoms with Gasteiger partial charge in [0.25, 0.3) is 0 Å². The topological polar surface area (TPSA) is 71.0 Å². The lowest BCUT2D eigenvalue weighted by Gasteiger charge is -2.34. The third-order valence-electron chi connectivity index (χ3n) is 6.13. The molecule has 164 valence electrons. The first-order valence-electron chi connectivity index (χ1n) is 10.8. The summed E-state index contributed by atoms with van der Waals surface area (Å²) in [6.45, 7) is 10.5. The second kappa shape index (κ2) is 8.70. The summed E-state index contributed by atoms with van der Waals surface area (Å²) in [4.78, 5) is 17.0. The third kappa shape index (κ3) is 4.25. The normalized spacial score (nSPS) is 20.5. The minimum atomic E-state index is -0.103. The molecular weight excluding hydrogens is 412 g/mol. The number of hydrogen-bond donors (Lipinski definition) is 1. The van der Waals surface area contributed by atoms with E-state index in [0.29, 0.717) is 13.2 Å². The molecule has 0 bridgehead atoms. The second-order valence-corrected chi connectivity index (χ2v) is 9.42. The van der Waals surface area contributed by atoms with Gasteiger partial charge >= 0.3 is 0 Å². The van der Waals surface area contributed by atoms with Gasteiger partial charge in [-0.1, -0.05) is 12.1 Å². The number of phenols is 1. The predicted octanol–water partition coefficient (Wildman–Crippen LogP) is 3.42. The van der Waals surface area contributed by atoms with Crippen LogP contribution in [0.1, 0.15) is 27.9 Å². The molecule has 2 aliphatic rings. The van der Waals surface area contributed by atoms with E-state index in [1.165, 1.54) is 10.4 Å². The quantitative estimate of drug-likeness (QED) is 0.666. The van der Waals surface area contributed by atoms with Gasteiger partial charge in [0.05, 0.1) is 31.8 Å². The van der Waals surface area contributed by atoms with E-state index in [2.05, 4.69) is 23.6 Å². The summed E-state index contributed by atoms with van der Waals surface area (Å²) in [5, 5.41) is 11.1. The van der Waals surface area contributed by atoms with Crippen molar-refractivity contribution in [3.05, 3.63) is 46.1 Å². The van der Waals surface area contributed by atoms with Gasteiger partial charge in [0, 0.05) is 31.1 Å². The smallest absolute Gasteiger partial charge is 0.146 e. The van der Waals surface area contributed by atoms with Crippen LogP contribution in [0.15, 0.2) is 24.3 Å². The Hall–Kier alpha value is -2.26. The molecule has 1 N–H and O–H groups in total. The van der Waals surface area contributed by atoms with E-state index >= 15 is 0 Å². The average Bonchev–Trinajstić information content (AvgIpc) is 3.07. The fraction of sp³-hybridized carbons (Fsp3) is 0.478. The summed E-state index contributed by atoms with van der Waals surface area (Å²) in [5.74, 6) is 2.13. The lowest BCUT2D eigenvalue weighted by Crippen LogP contribution is -2.39. The van der Waals surface area contributed by atoms with Crippen molar-refractivity contribution < 1.29 is 14.6 Å². The van der Waals surface area contributed by atoms with Gasteiger partial charge in [0.1, 0.15) is 28.3 Å². The van der Waals surface area contributed by atoms with Crippen LogP contribution in [0.4, 0.5) is 5.82 Å². The Labute approximate surface area is 186 Å². The molecule has 2 aliphatic heterocycles. The number of rotatable bonds is 4. The van der Waals surface area contributed by atoms with E-state index in [1.807, 2.05) is 12.1 Å². The van der Waals surface area contributed by atoms with E-state index < -0.39 is 0 Å². The largest absolute Gasteiger partial charge is 0.508 e. The molecule has 2 aromatic heterocycles. The maximum atomic E-state index is 9.90.